The minimum Gasteiger partial charge on any atom is -0.458 e. The third-order valence-corrected chi connectivity index (χ3v) is 10.7. The molecule has 3 saturated carbocycles. The van der Waals surface area contributed by atoms with Crippen LogP contribution in [0.15, 0.2) is 11.6 Å². The van der Waals surface area contributed by atoms with Crippen molar-refractivity contribution < 1.29 is 19.1 Å². The maximum atomic E-state index is 12.2. The summed E-state index contributed by atoms with van der Waals surface area (Å²) in [7, 11) is 0. The second-order valence-corrected chi connectivity index (χ2v) is 12.1. The number of esters is 1. The van der Waals surface area contributed by atoms with Crippen LogP contribution in [0.25, 0.3) is 0 Å². The number of rotatable bonds is 1. The Hall–Kier alpha value is -1.10. The minimum absolute atomic E-state index is 0.0119. The lowest BCUT2D eigenvalue weighted by atomic mass is 9.46. The zero-order valence-corrected chi connectivity index (χ0v) is 18.6. The van der Waals surface area contributed by atoms with Crippen molar-refractivity contribution in [2.24, 2.45) is 28.6 Å². The Labute approximate surface area is 177 Å². The van der Waals surface area contributed by atoms with E-state index < -0.39 is 0 Å². The Morgan fingerprint density at radius 3 is 2.52 bits per heavy atom. The number of carbonyl (C=O) groups excluding carboxylic acids is 3. The number of ether oxygens (including phenoxy) is 1. The molecule has 4 aliphatic carbocycles. The van der Waals surface area contributed by atoms with Crippen molar-refractivity contribution in [3.63, 3.8) is 0 Å². The number of allylic oxidation sites excluding steroid dienone is 1. The zero-order valence-electron chi connectivity index (χ0n) is 17.8. The summed E-state index contributed by atoms with van der Waals surface area (Å²) < 4.78 is 6.06. The van der Waals surface area contributed by atoms with E-state index in [4.69, 9.17) is 4.74 Å². The van der Waals surface area contributed by atoms with E-state index in [0.717, 1.165) is 44.9 Å². The van der Waals surface area contributed by atoms with E-state index in [9.17, 15) is 14.4 Å². The van der Waals surface area contributed by atoms with Crippen LogP contribution >= 0.6 is 11.8 Å². The molecular weight excluding hydrogens is 384 g/mol. The second-order valence-electron chi connectivity index (χ2n) is 10.7. The van der Waals surface area contributed by atoms with Gasteiger partial charge < -0.3 is 4.74 Å². The summed E-state index contributed by atoms with van der Waals surface area (Å²) in [5, 5.41) is 0.409. The van der Waals surface area contributed by atoms with E-state index in [2.05, 4.69) is 13.8 Å². The van der Waals surface area contributed by atoms with E-state index >= 15 is 0 Å². The van der Waals surface area contributed by atoms with Gasteiger partial charge in [0, 0.05) is 30.4 Å². The molecule has 0 bridgehead atoms. The van der Waals surface area contributed by atoms with Crippen molar-refractivity contribution >= 4 is 28.6 Å². The van der Waals surface area contributed by atoms with Gasteiger partial charge in [0.2, 0.25) is 0 Å². The Morgan fingerprint density at radius 1 is 1.07 bits per heavy atom. The van der Waals surface area contributed by atoms with Crippen LogP contribution in [0.2, 0.25) is 0 Å². The monoisotopic (exact) mass is 416 g/mol. The second kappa shape index (κ2) is 6.45. The van der Waals surface area contributed by atoms with E-state index in [1.54, 1.807) is 6.92 Å². The number of hydrogen-bond donors (Lipinski definition) is 0. The molecule has 7 atom stereocenters. The fraction of sp³-hybridized carbons (Fsp3) is 0.792. The quantitative estimate of drug-likeness (QED) is 0.572. The molecule has 0 aromatic rings. The third kappa shape index (κ3) is 2.68. The average Bonchev–Trinajstić information content (AvgIpc) is 3.17. The highest BCUT2D eigenvalue weighted by molar-refractivity contribution is 8.14. The van der Waals surface area contributed by atoms with Crippen LogP contribution < -0.4 is 0 Å². The summed E-state index contributed by atoms with van der Waals surface area (Å²) in [6.07, 6.45) is 10.0. The maximum absolute atomic E-state index is 12.2. The van der Waals surface area contributed by atoms with Crippen LogP contribution in [-0.4, -0.2) is 27.7 Å². The molecular formula is C24H32O4S. The first kappa shape index (κ1) is 19.8. The summed E-state index contributed by atoms with van der Waals surface area (Å²) in [5.41, 5.74) is 1.09. The SMILES string of the molecule is CC(=O)S[C@@H]1CC2=CC(=O)CC[C@]2(C)C2CC[C@@]3(C)C(CC[C@@]34CCC(=O)O4)C21. The topological polar surface area (TPSA) is 60.4 Å². The lowest BCUT2D eigenvalue weighted by molar-refractivity contribution is -0.167. The molecule has 0 radical (unpaired) electrons. The smallest absolute Gasteiger partial charge is 0.306 e. The van der Waals surface area contributed by atoms with Crippen LogP contribution in [0, 0.1) is 28.6 Å². The largest absolute Gasteiger partial charge is 0.458 e. The highest BCUT2D eigenvalue weighted by Gasteiger charge is 2.68. The molecule has 4 nitrogen and oxygen atoms in total. The van der Waals surface area contributed by atoms with Gasteiger partial charge in [-0.05, 0) is 74.2 Å². The van der Waals surface area contributed by atoms with Crippen LogP contribution in [-0.2, 0) is 19.1 Å². The van der Waals surface area contributed by atoms with Gasteiger partial charge in [-0.25, -0.2) is 0 Å². The molecule has 0 aromatic heterocycles. The fourth-order valence-corrected chi connectivity index (χ4v) is 9.36. The van der Waals surface area contributed by atoms with E-state index in [1.807, 2.05) is 6.08 Å². The normalized spacial score (nSPS) is 48.6. The molecule has 1 heterocycles. The molecule has 3 unspecified atom stereocenters. The standard InChI is InChI=1S/C24H32O4S/c1-14(25)29-19-13-15-12-16(26)4-8-22(15,2)17-5-9-23(3)18(21(17)19)6-10-24(23)11-7-20(27)28-24/h12,17-19,21H,4-11,13H2,1-3H3/t17?,18?,19-,21?,22+,23+,24-/m1/s1. The highest BCUT2D eigenvalue weighted by atomic mass is 32.2. The predicted octanol–water partition coefficient (Wildman–Crippen LogP) is 4.85. The predicted molar refractivity (Wildman–Crippen MR) is 112 cm³/mol. The first-order chi connectivity index (χ1) is 13.7. The van der Waals surface area contributed by atoms with Gasteiger partial charge in [0.25, 0.3) is 0 Å². The maximum Gasteiger partial charge on any atom is 0.306 e. The number of carbonyl (C=O) groups is 3. The Kier molecular flexibility index (Phi) is 4.41. The summed E-state index contributed by atoms with van der Waals surface area (Å²) in [6, 6.07) is 0. The molecule has 1 spiro atoms. The van der Waals surface area contributed by atoms with Crippen LogP contribution in [0.1, 0.15) is 78.6 Å². The summed E-state index contributed by atoms with van der Waals surface area (Å²) in [6.45, 7) is 6.42. The average molecular weight is 417 g/mol. The molecule has 29 heavy (non-hydrogen) atoms. The number of thioether (sulfide) groups is 1. The van der Waals surface area contributed by atoms with Gasteiger partial charge in [-0.1, -0.05) is 31.2 Å². The fourth-order valence-electron chi connectivity index (χ4n) is 8.13. The van der Waals surface area contributed by atoms with Crippen molar-refractivity contribution in [2.75, 3.05) is 0 Å². The lowest BCUT2D eigenvalue weighted by Crippen LogP contribution is -2.57. The van der Waals surface area contributed by atoms with Gasteiger partial charge in [0.1, 0.15) is 5.60 Å². The van der Waals surface area contributed by atoms with Crippen molar-refractivity contribution in [2.45, 2.75) is 89.4 Å². The molecule has 0 N–H and O–H groups in total. The summed E-state index contributed by atoms with van der Waals surface area (Å²) in [4.78, 5) is 36.4. The van der Waals surface area contributed by atoms with E-state index in [-0.39, 0.29) is 38.5 Å². The molecule has 4 fully saturated rings. The van der Waals surface area contributed by atoms with Crippen molar-refractivity contribution in [1.29, 1.82) is 0 Å². The number of fused-ring (bicyclic) bond motifs is 6. The van der Waals surface area contributed by atoms with Gasteiger partial charge in [0.05, 0.1) is 0 Å². The molecule has 1 aliphatic heterocycles. The minimum atomic E-state index is -0.287. The van der Waals surface area contributed by atoms with Gasteiger partial charge in [0.15, 0.2) is 10.9 Å². The first-order valence-electron chi connectivity index (χ1n) is 11.3. The van der Waals surface area contributed by atoms with Crippen molar-refractivity contribution in [3.05, 3.63) is 11.6 Å². The molecule has 5 aliphatic rings. The Balaban J connectivity index is 1.56. The van der Waals surface area contributed by atoms with Gasteiger partial charge in [-0.15, -0.1) is 0 Å². The summed E-state index contributed by atoms with van der Waals surface area (Å²) in [5.74, 6) is 1.67. The third-order valence-electron chi connectivity index (χ3n) is 9.61. The van der Waals surface area contributed by atoms with Gasteiger partial charge >= 0.3 is 5.97 Å². The lowest BCUT2D eigenvalue weighted by Gasteiger charge is -2.61. The number of hydrogen-bond acceptors (Lipinski definition) is 5. The van der Waals surface area contributed by atoms with Crippen molar-refractivity contribution in [3.8, 4) is 0 Å². The van der Waals surface area contributed by atoms with Crippen LogP contribution in [0.3, 0.4) is 0 Å². The molecule has 5 heteroatoms. The van der Waals surface area contributed by atoms with E-state index in [0.29, 0.717) is 30.6 Å². The Morgan fingerprint density at radius 2 is 1.83 bits per heavy atom. The molecule has 0 aromatic carbocycles. The molecule has 0 amide bonds. The highest BCUT2D eigenvalue weighted by Crippen LogP contribution is 2.70. The van der Waals surface area contributed by atoms with Crippen LogP contribution in [0.5, 0.6) is 0 Å². The van der Waals surface area contributed by atoms with E-state index in [1.165, 1.54) is 17.3 Å². The van der Waals surface area contributed by atoms with Crippen molar-refractivity contribution in [1.82, 2.24) is 0 Å². The Bertz CT molecular complexity index is 818. The molecule has 1 saturated heterocycles. The zero-order chi connectivity index (χ0) is 20.6. The van der Waals surface area contributed by atoms with Gasteiger partial charge in [-0.2, -0.15) is 0 Å². The summed E-state index contributed by atoms with van der Waals surface area (Å²) >= 11 is 1.50. The molecule has 158 valence electrons. The first-order valence-corrected chi connectivity index (χ1v) is 12.2. The number of ketones is 1. The molecule has 5 rings (SSSR count). The van der Waals surface area contributed by atoms with Crippen LogP contribution in [0.4, 0.5) is 0 Å². The van der Waals surface area contributed by atoms with Gasteiger partial charge in [-0.3, -0.25) is 14.4 Å².